The number of nitrogens with zero attached hydrogens (tertiary/aromatic N) is 4. The molecule has 0 heterocycles. The number of allylic oxidation sites excluding steroid dienone is 1. The standard InChI is InChI=1S/C40H16F8N4/c41-35-7-3-21(11-33(35)39(43,44)45)19-1-5-25-27-13-28-26-6-2-20(22-4-8-36(42)34(12-22)40(46,47)48)10-30(26)38(24(17-51)18-52)32(28)14-31(27)37(29(25)9-19)23(15-49)16-50/h1-14,23,37H. The molecule has 7 rings (SSSR count). The Hall–Kier alpha value is -6.76. The van der Waals surface area contributed by atoms with Crippen LogP contribution in [0.3, 0.4) is 0 Å². The van der Waals surface area contributed by atoms with Crippen LogP contribution in [-0.4, -0.2) is 0 Å². The third-order valence-corrected chi connectivity index (χ3v) is 9.35. The van der Waals surface area contributed by atoms with E-state index in [-0.39, 0.29) is 33.4 Å². The van der Waals surface area contributed by atoms with Crippen LogP contribution in [0.15, 0.2) is 90.5 Å². The number of nitriles is 4. The average Bonchev–Trinajstić information content (AvgIpc) is 3.59. The Labute approximate surface area is 290 Å². The predicted octanol–water partition coefficient (Wildman–Crippen LogP) is 10.9. The van der Waals surface area contributed by atoms with Gasteiger partial charge in [0, 0.05) is 11.5 Å². The quantitative estimate of drug-likeness (QED) is 0.135. The summed E-state index contributed by atoms with van der Waals surface area (Å²) in [4.78, 5) is 0. The first kappa shape index (κ1) is 33.7. The van der Waals surface area contributed by atoms with E-state index in [1.807, 2.05) is 24.3 Å². The Balaban J connectivity index is 1.43. The molecule has 5 aromatic rings. The summed E-state index contributed by atoms with van der Waals surface area (Å²) >= 11 is 0. The highest BCUT2D eigenvalue weighted by Crippen LogP contribution is 2.55. The number of benzene rings is 5. The zero-order chi connectivity index (χ0) is 37.3. The molecule has 0 radical (unpaired) electrons. The molecule has 0 saturated carbocycles. The molecule has 5 aromatic carbocycles. The fourth-order valence-electron chi connectivity index (χ4n) is 7.05. The van der Waals surface area contributed by atoms with E-state index in [0.717, 1.165) is 0 Å². The maximum Gasteiger partial charge on any atom is 0.419 e. The van der Waals surface area contributed by atoms with E-state index >= 15 is 0 Å². The number of hydrogen-bond donors (Lipinski definition) is 0. The highest BCUT2D eigenvalue weighted by molar-refractivity contribution is 6.07. The fourth-order valence-corrected chi connectivity index (χ4v) is 7.05. The topological polar surface area (TPSA) is 95.2 Å². The normalized spacial score (nSPS) is 14.0. The third kappa shape index (κ3) is 5.25. The van der Waals surface area contributed by atoms with E-state index in [4.69, 9.17) is 0 Å². The second-order valence-electron chi connectivity index (χ2n) is 12.1. The number of hydrogen-bond acceptors (Lipinski definition) is 4. The van der Waals surface area contributed by atoms with Crippen molar-refractivity contribution in [2.45, 2.75) is 18.3 Å². The average molecular weight is 705 g/mol. The smallest absolute Gasteiger partial charge is 0.206 e. The van der Waals surface area contributed by atoms with Gasteiger partial charge in [0.1, 0.15) is 35.3 Å². The van der Waals surface area contributed by atoms with Crippen LogP contribution in [0.2, 0.25) is 0 Å². The first-order valence-corrected chi connectivity index (χ1v) is 15.3. The SMILES string of the molecule is N#CC(C#N)=C1c2cc(-c3ccc(F)c(C(F)(F)F)c3)ccc2-c2cc3c(cc21)C(C(C#N)C#N)c1cc(-c2ccc(F)c(C(F)(F)F)c2)ccc1-3. The first-order valence-electron chi connectivity index (χ1n) is 15.3. The molecule has 12 heteroatoms. The van der Waals surface area contributed by atoms with Crippen LogP contribution < -0.4 is 0 Å². The lowest BCUT2D eigenvalue weighted by Gasteiger charge is -2.16. The molecule has 1 atom stereocenters. The number of halogens is 8. The van der Waals surface area contributed by atoms with Crippen LogP contribution in [0.5, 0.6) is 0 Å². The molecule has 0 aliphatic heterocycles. The lowest BCUT2D eigenvalue weighted by Crippen LogP contribution is -2.09. The zero-order valence-corrected chi connectivity index (χ0v) is 26.1. The minimum atomic E-state index is -4.96. The highest BCUT2D eigenvalue weighted by atomic mass is 19.4. The lowest BCUT2D eigenvalue weighted by atomic mass is 9.83. The Bertz CT molecular complexity index is 2560. The molecule has 2 aliphatic rings. The number of fused-ring (bicyclic) bond motifs is 6. The van der Waals surface area contributed by atoms with Crippen molar-refractivity contribution in [2.75, 3.05) is 0 Å². The van der Waals surface area contributed by atoms with Crippen LogP contribution in [0, 0.1) is 62.9 Å². The van der Waals surface area contributed by atoms with Crippen molar-refractivity contribution in [2.24, 2.45) is 5.92 Å². The summed E-state index contributed by atoms with van der Waals surface area (Å²) in [5, 5.41) is 40.0. The van der Waals surface area contributed by atoms with E-state index in [1.54, 1.807) is 30.3 Å². The van der Waals surface area contributed by atoms with Crippen molar-refractivity contribution in [3.8, 4) is 68.8 Å². The summed E-state index contributed by atoms with van der Waals surface area (Å²) in [5.74, 6) is -5.11. The molecule has 0 N–H and O–H groups in total. The number of rotatable bonds is 3. The lowest BCUT2D eigenvalue weighted by molar-refractivity contribution is -0.140. The first-order chi connectivity index (χ1) is 24.7. The molecule has 0 spiro atoms. The summed E-state index contributed by atoms with van der Waals surface area (Å²) in [6.45, 7) is 0. The Morgan fingerprint density at radius 3 is 1.48 bits per heavy atom. The third-order valence-electron chi connectivity index (χ3n) is 9.35. The van der Waals surface area contributed by atoms with E-state index < -0.39 is 46.9 Å². The minimum Gasteiger partial charge on any atom is -0.206 e. The van der Waals surface area contributed by atoms with Gasteiger partial charge in [-0.3, -0.25) is 0 Å². The van der Waals surface area contributed by atoms with Gasteiger partial charge in [-0.2, -0.15) is 47.4 Å². The molecule has 252 valence electrons. The molecule has 0 amide bonds. The molecule has 0 fully saturated rings. The summed E-state index contributed by atoms with van der Waals surface area (Å²) in [5.41, 5.74) is 1.30. The van der Waals surface area contributed by atoms with Gasteiger partial charge in [-0.1, -0.05) is 36.4 Å². The largest absolute Gasteiger partial charge is 0.419 e. The van der Waals surface area contributed by atoms with Gasteiger partial charge in [0.15, 0.2) is 0 Å². The van der Waals surface area contributed by atoms with Crippen molar-refractivity contribution in [3.63, 3.8) is 0 Å². The minimum absolute atomic E-state index is 0.0315. The molecule has 52 heavy (non-hydrogen) atoms. The van der Waals surface area contributed by atoms with E-state index in [0.29, 0.717) is 68.8 Å². The molecule has 0 bridgehead atoms. The van der Waals surface area contributed by atoms with Crippen molar-refractivity contribution in [3.05, 3.63) is 136 Å². The van der Waals surface area contributed by atoms with Gasteiger partial charge in [-0.05, 0) is 115 Å². The predicted molar refractivity (Wildman–Crippen MR) is 172 cm³/mol. The van der Waals surface area contributed by atoms with Crippen molar-refractivity contribution < 1.29 is 35.1 Å². The summed E-state index contributed by atoms with van der Waals surface area (Å²) in [6.07, 6.45) is -9.92. The van der Waals surface area contributed by atoms with Crippen LogP contribution in [0.25, 0.3) is 50.1 Å². The van der Waals surface area contributed by atoms with E-state index in [2.05, 4.69) is 0 Å². The number of alkyl halides is 6. The molecule has 0 saturated heterocycles. The van der Waals surface area contributed by atoms with Gasteiger partial charge in [-0.25, -0.2) is 8.78 Å². The van der Waals surface area contributed by atoms with Crippen molar-refractivity contribution in [1.82, 2.24) is 0 Å². The van der Waals surface area contributed by atoms with Gasteiger partial charge < -0.3 is 0 Å². The Morgan fingerprint density at radius 1 is 0.500 bits per heavy atom. The highest BCUT2D eigenvalue weighted by Gasteiger charge is 2.40. The van der Waals surface area contributed by atoms with Gasteiger partial charge in [0.25, 0.3) is 0 Å². The molecule has 1 unspecified atom stereocenters. The summed E-state index contributed by atoms with van der Waals surface area (Å²) < 4.78 is 109. The van der Waals surface area contributed by atoms with Crippen LogP contribution in [0.4, 0.5) is 35.1 Å². The Morgan fingerprint density at radius 2 is 0.962 bits per heavy atom. The fraction of sp³-hybridized carbons (Fsp3) is 0.100. The van der Waals surface area contributed by atoms with Gasteiger partial charge in [0.05, 0.1) is 23.3 Å². The monoisotopic (exact) mass is 704 g/mol. The van der Waals surface area contributed by atoms with E-state index in [1.165, 1.54) is 30.3 Å². The van der Waals surface area contributed by atoms with Crippen molar-refractivity contribution >= 4 is 5.57 Å². The molecular formula is C40H16F8N4. The van der Waals surface area contributed by atoms with Crippen LogP contribution in [0.1, 0.15) is 39.3 Å². The second-order valence-corrected chi connectivity index (χ2v) is 12.1. The van der Waals surface area contributed by atoms with Gasteiger partial charge in [0.2, 0.25) is 0 Å². The zero-order valence-electron chi connectivity index (χ0n) is 26.1. The van der Waals surface area contributed by atoms with E-state index in [9.17, 15) is 56.2 Å². The molecule has 2 aliphatic carbocycles. The van der Waals surface area contributed by atoms with Crippen LogP contribution in [-0.2, 0) is 12.4 Å². The van der Waals surface area contributed by atoms with Crippen LogP contribution >= 0.6 is 0 Å². The maximum atomic E-state index is 14.1. The van der Waals surface area contributed by atoms with Crippen molar-refractivity contribution in [1.29, 1.82) is 21.0 Å². The summed E-state index contributed by atoms with van der Waals surface area (Å²) in [6, 6.07) is 25.5. The molecular weight excluding hydrogens is 688 g/mol. The Kier molecular flexibility index (Phi) is 7.74. The van der Waals surface area contributed by atoms with Gasteiger partial charge in [-0.15, -0.1) is 0 Å². The molecule has 4 nitrogen and oxygen atoms in total. The maximum absolute atomic E-state index is 14.1. The second kappa shape index (κ2) is 11.9. The molecule has 0 aromatic heterocycles. The summed E-state index contributed by atoms with van der Waals surface area (Å²) in [7, 11) is 0. The van der Waals surface area contributed by atoms with Gasteiger partial charge >= 0.3 is 12.4 Å².